The van der Waals surface area contributed by atoms with E-state index in [0.29, 0.717) is 13.1 Å². The summed E-state index contributed by atoms with van der Waals surface area (Å²) in [6.07, 6.45) is 5.34. The highest BCUT2D eigenvalue weighted by Gasteiger charge is 2.30. The summed E-state index contributed by atoms with van der Waals surface area (Å²) in [5.41, 5.74) is 0.864. The van der Waals surface area contributed by atoms with Crippen LogP contribution in [-0.4, -0.2) is 35.1 Å². The van der Waals surface area contributed by atoms with Crippen LogP contribution in [0.5, 0.6) is 0 Å². The standard InChI is InChI=1S/C10H18N4O2S/c1-9-4-3-5-14(9)17(15,16)12-7-10-6-11-13(2)8-10/h6,8-9,12H,3-5,7H2,1-2H3. The van der Waals surface area contributed by atoms with Crippen molar-refractivity contribution in [3.05, 3.63) is 18.0 Å². The lowest BCUT2D eigenvalue weighted by molar-refractivity contribution is 0.400. The first-order valence-corrected chi connectivity index (χ1v) is 7.17. The molecule has 0 aromatic carbocycles. The molecule has 1 aliphatic rings. The third-order valence-corrected chi connectivity index (χ3v) is 4.69. The van der Waals surface area contributed by atoms with E-state index >= 15 is 0 Å². The van der Waals surface area contributed by atoms with Gasteiger partial charge in [-0.05, 0) is 19.8 Å². The van der Waals surface area contributed by atoms with Crippen LogP contribution in [0, 0.1) is 0 Å². The van der Waals surface area contributed by atoms with E-state index in [2.05, 4.69) is 9.82 Å². The number of aromatic nitrogens is 2. The Hall–Kier alpha value is -0.920. The second-order valence-corrected chi connectivity index (χ2v) is 6.16. The summed E-state index contributed by atoms with van der Waals surface area (Å²) in [4.78, 5) is 0. The topological polar surface area (TPSA) is 67.2 Å². The van der Waals surface area contributed by atoms with Crippen LogP contribution in [0.3, 0.4) is 0 Å². The normalized spacial score (nSPS) is 22.1. The number of hydrogen-bond donors (Lipinski definition) is 1. The summed E-state index contributed by atoms with van der Waals surface area (Å²) in [5.74, 6) is 0. The zero-order valence-corrected chi connectivity index (χ0v) is 10.9. The van der Waals surface area contributed by atoms with Crippen molar-refractivity contribution in [2.24, 2.45) is 7.05 Å². The van der Waals surface area contributed by atoms with Crippen LogP contribution >= 0.6 is 0 Å². The van der Waals surface area contributed by atoms with Crippen LogP contribution < -0.4 is 4.72 Å². The van der Waals surface area contributed by atoms with Crippen molar-refractivity contribution in [3.8, 4) is 0 Å². The Morgan fingerprint density at radius 3 is 2.88 bits per heavy atom. The van der Waals surface area contributed by atoms with Gasteiger partial charge in [-0.3, -0.25) is 4.68 Å². The van der Waals surface area contributed by atoms with Gasteiger partial charge in [0.2, 0.25) is 0 Å². The monoisotopic (exact) mass is 258 g/mol. The fraction of sp³-hybridized carbons (Fsp3) is 0.700. The molecule has 1 atom stereocenters. The summed E-state index contributed by atoms with van der Waals surface area (Å²) in [7, 11) is -1.55. The van der Waals surface area contributed by atoms with E-state index in [9.17, 15) is 8.42 Å². The molecule has 0 amide bonds. The van der Waals surface area contributed by atoms with Crippen LogP contribution in [-0.2, 0) is 23.8 Å². The highest BCUT2D eigenvalue weighted by molar-refractivity contribution is 7.87. The second-order valence-electron chi connectivity index (χ2n) is 4.45. The van der Waals surface area contributed by atoms with Crippen LogP contribution in [0.15, 0.2) is 12.4 Å². The van der Waals surface area contributed by atoms with Gasteiger partial charge in [0.15, 0.2) is 0 Å². The number of rotatable bonds is 4. The minimum Gasteiger partial charge on any atom is -0.275 e. The lowest BCUT2D eigenvalue weighted by atomic mass is 10.3. The molecule has 6 nitrogen and oxygen atoms in total. The molecule has 1 N–H and O–H groups in total. The van der Waals surface area contributed by atoms with E-state index in [1.165, 1.54) is 4.31 Å². The number of nitrogens with one attached hydrogen (secondary N) is 1. The maximum atomic E-state index is 12.0. The van der Waals surface area contributed by atoms with E-state index in [0.717, 1.165) is 18.4 Å². The minimum atomic E-state index is -3.35. The molecule has 2 heterocycles. The average molecular weight is 258 g/mol. The molecule has 96 valence electrons. The van der Waals surface area contributed by atoms with Gasteiger partial charge >= 0.3 is 0 Å². The van der Waals surface area contributed by atoms with Gasteiger partial charge in [-0.2, -0.15) is 22.5 Å². The summed E-state index contributed by atoms with van der Waals surface area (Å²) in [6, 6.07) is 0.0985. The lowest BCUT2D eigenvalue weighted by Gasteiger charge is -2.20. The van der Waals surface area contributed by atoms with Crippen LogP contribution in [0.25, 0.3) is 0 Å². The van der Waals surface area contributed by atoms with Crippen molar-refractivity contribution in [1.29, 1.82) is 0 Å². The summed E-state index contributed by atoms with van der Waals surface area (Å²) in [5, 5.41) is 4.00. The van der Waals surface area contributed by atoms with E-state index in [-0.39, 0.29) is 6.04 Å². The van der Waals surface area contributed by atoms with Crippen LogP contribution in [0.2, 0.25) is 0 Å². The molecule has 17 heavy (non-hydrogen) atoms. The van der Waals surface area contributed by atoms with E-state index in [1.54, 1.807) is 24.1 Å². The number of nitrogens with zero attached hydrogens (tertiary/aromatic N) is 3. The third-order valence-electron chi connectivity index (χ3n) is 3.02. The Kier molecular flexibility index (Phi) is 3.50. The molecule has 1 aromatic heterocycles. The molecule has 0 spiro atoms. The molecule has 1 aliphatic heterocycles. The maximum absolute atomic E-state index is 12.0. The van der Waals surface area contributed by atoms with Crippen LogP contribution in [0.4, 0.5) is 0 Å². The third kappa shape index (κ3) is 2.85. The van der Waals surface area contributed by atoms with E-state index < -0.39 is 10.2 Å². The van der Waals surface area contributed by atoms with Gasteiger partial charge in [-0.15, -0.1) is 0 Å². The van der Waals surface area contributed by atoms with Crippen LogP contribution in [0.1, 0.15) is 25.3 Å². The molecule has 0 aliphatic carbocycles. The summed E-state index contributed by atoms with van der Waals surface area (Å²) >= 11 is 0. The molecule has 0 radical (unpaired) electrons. The van der Waals surface area contributed by atoms with Gasteiger partial charge in [0.05, 0.1) is 6.20 Å². The summed E-state index contributed by atoms with van der Waals surface area (Å²) < 4.78 is 29.8. The zero-order chi connectivity index (χ0) is 12.5. The van der Waals surface area contributed by atoms with Crippen molar-refractivity contribution >= 4 is 10.2 Å². The minimum absolute atomic E-state index is 0.0985. The van der Waals surface area contributed by atoms with Gasteiger partial charge in [0, 0.05) is 37.9 Å². The Morgan fingerprint density at radius 1 is 1.59 bits per heavy atom. The van der Waals surface area contributed by atoms with Crippen molar-refractivity contribution < 1.29 is 8.42 Å². The molecule has 0 bridgehead atoms. The molecule has 7 heteroatoms. The molecule has 1 saturated heterocycles. The molecule has 0 saturated carbocycles. The van der Waals surface area contributed by atoms with Crippen molar-refractivity contribution in [1.82, 2.24) is 18.8 Å². The average Bonchev–Trinajstić information content (AvgIpc) is 2.85. The smallest absolute Gasteiger partial charge is 0.275 e. The number of hydrogen-bond acceptors (Lipinski definition) is 3. The Bertz CT molecular complexity index is 482. The molecule has 2 rings (SSSR count). The largest absolute Gasteiger partial charge is 0.279 e. The van der Waals surface area contributed by atoms with Gasteiger partial charge in [-0.25, -0.2) is 0 Å². The highest BCUT2D eigenvalue weighted by atomic mass is 32.2. The summed E-state index contributed by atoms with van der Waals surface area (Å²) in [6.45, 7) is 2.85. The number of aryl methyl sites for hydroxylation is 1. The van der Waals surface area contributed by atoms with E-state index in [1.807, 2.05) is 6.92 Å². The van der Waals surface area contributed by atoms with Gasteiger partial charge in [-0.1, -0.05) is 0 Å². The fourth-order valence-corrected chi connectivity index (χ4v) is 3.55. The molecular weight excluding hydrogens is 240 g/mol. The van der Waals surface area contributed by atoms with Gasteiger partial charge in [0.25, 0.3) is 10.2 Å². The maximum Gasteiger partial charge on any atom is 0.279 e. The first kappa shape index (κ1) is 12.5. The zero-order valence-electron chi connectivity index (χ0n) is 10.1. The first-order valence-electron chi connectivity index (χ1n) is 5.73. The molecule has 1 aromatic rings. The van der Waals surface area contributed by atoms with E-state index in [4.69, 9.17) is 0 Å². The SMILES string of the molecule is CC1CCCN1S(=O)(=O)NCc1cnn(C)c1. The fourth-order valence-electron chi connectivity index (χ4n) is 2.08. The van der Waals surface area contributed by atoms with Crippen molar-refractivity contribution in [3.63, 3.8) is 0 Å². The van der Waals surface area contributed by atoms with Crippen molar-refractivity contribution in [2.45, 2.75) is 32.4 Å². The Morgan fingerprint density at radius 2 is 2.35 bits per heavy atom. The Balaban J connectivity index is 1.98. The van der Waals surface area contributed by atoms with Crippen molar-refractivity contribution in [2.75, 3.05) is 6.54 Å². The quantitative estimate of drug-likeness (QED) is 0.841. The predicted octanol–water partition coefficient (Wildman–Crippen LogP) is 0.239. The highest BCUT2D eigenvalue weighted by Crippen LogP contribution is 2.19. The lowest BCUT2D eigenvalue weighted by Crippen LogP contribution is -2.42. The predicted molar refractivity (Wildman–Crippen MR) is 64.4 cm³/mol. The molecular formula is C10H18N4O2S. The molecule has 1 unspecified atom stereocenters. The second kappa shape index (κ2) is 4.75. The van der Waals surface area contributed by atoms with Gasteiger partial charge < -0.3 is 0 Å². The Labute approximate surface area is 102 Å². The van der Waals surface area contributed by atoms with Gasteiger partial charge in [0.1, 0.15) is 0 Å². The first-order chi connectivity index (χ1) is 7.99. The molecule has 1 fully saturated rings.